The van der Waals surface area contributed by atoms with Crippen molar-refractivity contribution in [1.82, 2.24) is 4.90 Å². The van der Waals surface area contributed by atoms with Crippen LogP contribution in [0.2, 0.25) is 5.02 Å². The van der Waals surface area contributed by atoms with Crippen molar-refractivity contribution in [2.75, 3.05) is 13.1 Å². The molecule has 0 bridgehead atoms. The van der Waals surface area contributed by atoms with Gasteiger partial charge in [0.15, 0.2) is 0 Å². The Morgan fingerprint density at radius 1 is 1.39 bits per heavy atom. The van der Waals surface area contributed by atoms with E-state index < -0.39 is 0 Å². The van der Waals surface area contributed by atoms with Crippen molar-refractivity contribution in [3.05, 3.63) is 34.9 Å². The molecule has 3 atom stereocenters. The molecule has 2 nitrogen and oxygen atoms in total. The summed E-state index contributed by atoms with van der Waals surface area (Å²) in [5.41, 5.74) is 7.29. The van der Waals surface area contributed by atoms with E-state index in [-0.39, 0.29) is 0 Å². The van der Waals surface area contributed by atoms with Crippen LogP contribution in [0.5, 0.6) is 0 Å². The van der Waals surface area contributed by atoms with Crippen LogP contribution < -0.4 is 5.73 Å². The zero-order valence-corrected chi connectivity index (χ0v) is 12.0. The van der Waals surface area contributed by atoms with Gasteiger partial charge in [0.1, 0.15) is 0 Å². The van der Waals surface area contributed by atoms with Gasteiger partial charge in [0, 0.05) is 23.7 Å². The lowest BCUT2D eigenvalue weighted by molar-refractivity contribution is 0.0690. The summed E-state index contributed by atoms with van der Waals surface area (Å²) in [5, 5.41) is 0.799. The van der Waals surface area contributed by atoms with Gasteiger partial charge in [-0.1, -0.05) is 30.7 Å². The number of benzene rings is 1. The standard InChI is InChI=1S/C15H23ClN2/c1-11-4-3-9-18(15(11)10-17)12(2)13-5-7-14(16)8-6-13/h5-8,11-12,15H,3-4,9-10,17H2,1-2H3. The van der Waals surface area contributed by atoms with E-state index in [1.807, 2.05) is 12.1 Å². The summed E-state index contributed by atoms with van der Waals surface area (Å²) in [5.74, 6) is 0.693. The van der Waals surface area contributed by atoms with Crippen LogP contribution in [-0.4, -0.2) is 24.0 Å². The van der Waals surface area contributed by atoms with E-state index in [0.717, 1.165) is 18.1 Å². The molecule has 1 aromatic carbocycles. The van der Waals surface area contributed by atoms with E-state index in [1.165, 1.54) is 18.4 Å². The van der Waals surface area contributed by atoms with Gasteiger partial charge < -0.3 is 5.73 Å². The van der Waals surface area contributed by atoms with E-state index in [9.17, 15) is 0 Å². The first kappa shape index (κ1) is 13.9. The summed E-state index contributed by atoms with van der Waals surface area (Å²) >= 11 is 5.95. The van der Waals surface area contributed by atoms with Gasteiger partial charge in [-0.25, -0.2) is 0 Å². The molecule has 1 aliphatic rings. The molecule has 0 saturated carbocycles. The van der Waals surface area contributed by atoms with Crippen LogP contribution in [-0.2, 0) is 0 Å². The molecule has 3 unspecified atom stereocenters. The molecule has 0 aromatic heterocycles. The highest BCUT2D eigenvalue weighted by molar-refractivity contribution is 6.30. The van der Waals surface area contributed by atoms with Crippen LogP contribution in [0.25, 0.3) is 0 Å². The molecule has 1 fully saturated rings. The predicted octanol–water partition coefficient (Wildman–Crippen LogP) is 3.46. The van der Waals surface area contributed by atoms with E-state index in [4.69, 9.17) is 17.3 Å². The third kappa shape index (κ3) is 2.87. The van der Waals surface area contributed by atoms with Crippen LogP contribution in [0.1, 0.15) is 38.3 Å². The van der Waals surface area contributed by atoms with Crippen molar-refractivity contribution in [2.45, 2.75) is 38.8 Å². The monoisotopic (exact) mass is 266 g/mol. The largest absolute Gasteiger partial charge is 0.329 e. The van der Waals surface area contributed by atoms with Crippen molar-refractivity contribution in [3.63, 3.8) is 0 Å². The normalized spacial score (nSPS) is 27.1. The van der Waals surface area contributed by atoms with Gasteiger partial charge in [-0.2, -0.15) is 0 Å². The summed E-state index contributed by atoms with van der Waals surface area (Å²) in [6, 6.07) is 9.11. The molecule has 1 aromatic rings. The van der Waals surface area contributed by atoms with Crippen LogP contribution in [0.4, 0.5) is 0 Å². The van der Waals surface area contributed by atoms with Crippen molar-refractivity contribution in [2.24, 2.45) is 11.7 Å². The van der Waals surface area contributed by atoms with E-state index in [1.54, 1.807) is 0 Å². The smallest absolute Gasteiger partial charge is 0.0406 e. The molecule has 0 spiro atoms. The second-order valence-corrected chi connectivity index (χ2v) is 5.82. The minimum Gasteiger partial charge on any atom is -0.329 e. The highest BCUT2D eigenvalue weighted by atomic mass is 35.5. The van der Waals surface area contributed by atoms with Crippen LogP contribution >= 0.6 is 11.6 Å². The molecule has 18 heavy (non-hydrogen) atoms. The van der Waals surface area contributed by atoms with Gasteiger partial charge >= 0.3 is 0 Å². The average molecular weight is 267 g/mol. The van der Waals surface area contributed by atoms with Crippen LogP contribution in [0.3, 0.4) is 0 Å². The maximum Gasteiger partial charge on any atom is 0.0406 e. The fourth-order valence-electron chi connectivity index (χ4n) is 3.06. The van der Waals surface area contributed by atoms with Gasteiger partial charge in [0.25, 0.3) is 0 Å². The zero-order chi connectivity index (χ0) is 13.1. The molecule has 1 heterocycles. The average Bonchev–Trinajstić information content (AvgIpc) is 2.38. The highest BCUT2D eigenvalue weighted by Gasteiger charge is 2.30. The third-order valence-electron chi connectivity index (χ3n) is 4.25. The molecule has 0 aliphatic carbocycles. The second kappa shape index (κ2) is 6.05. The number of piperidine rings is 1. The molecule has 1 aliphatic heterocycles. The number of halogens is 1. The van der Waals surface area contributed by atoms with Crippen molar-refractivity contribution in [1.29, 1.82) is 0 Å². The van der Waals surface area contributed by atoms with E-state index >= 15 is 0 Å². The summed E-state index contributed by atoms with van der Waals surface area (Å²) in [6.45, 7) is 6.48. The van der Waals surface area contributed by atoms with Crippen LogP contribution in [0, 0.1) is 5.92 Å². The Kier molecular flexibility index (Phi) is 4.66. The maximum absolute atomic E-state index is 5.96. The molecular formula is C15H23ClN2. The number of nitrogens with zero attached hydrogens (tertiary/aromatic N) is 1. The van der Waals surface area contributed by atoms with Crippen molar-refractivity contribution >= 4 is 11.6 Å². The highest BCUT2D eigenvalue weighted by Crippen LogP contribution is 2.31. The van der Waals surface area contributed by atoms with Gasteiger partial charge in [-0.05, 0) is 49.9 Å². The molecule has 2 rings (SSSR count). The predicted molar refractivity (Wildman–Crippen MR) is 77.8 cm³/mol. The molecule has 0 amide bonds. The quantitative estimate of drug-likeness (QED) is 0.908. The Bertz CT molecular complexity index is 377. The fourth-order valence-corrected chi connectivity index (χ4v) is 3.19. The second-order valence-electron chi connectivity index (χ2n) is 5.39. The Balaban J connectivity index is 2.15. The van der Waals surface area contributed by atoms with Gasteiger partial charge in [-0.15, -0.1) is 0 Å². The minimum atomic E-state index is 0.415. The Labute approximate surface area is 115 Å². The number of nitrogens with two attached hydrogens (primary N) is 1. The number of rotatable bonds is 3. The first-order chi connectivity index (χ1) is 8.63. The fraction of sp³-hybridized carbons (Fsp3) is 0.600. The Morgan fingerprint density at radius 2 is 2.06 bits per heavy atom. The topological polar surface area (TPSA) is 29.3 Å². The number of likely N-dealkylation sites (tertiary alicyclic amines) is 1. The summed E-state index contributed by atoms with van der Waals surface area (Å²) in [7, 11) is 0. The lowest BCUT2D eigenvalue weighted by Gasteiger charge is -2.43. The molecule has 2 N–H and O–H groups in total. The third-order valence-corrected chi connectivity index (χ3v) is 4.50. The number of hydrogen-bond donors (Lipinski definition) is 1. The summed E-state index contributed by atoms with van der Waals surface area (Å²) in [6.07, 6.45) is 2.57. The zero-order valence-electron chi connectivity index (χ0n) is 11.3. The first-order valence-corrected chi connectivity index (χ1v) is 7.22. The van der Waals surface area contributed by atoms with E-state index in [0.29, 0.717) is 18.0 Å². The summed E-state index contributed by atoms with van der Waals surface area (Å²) in [4.78, 5) is 2.55. The molecule has 3 heteroatoms. The molecule has 100 valence electrons. The van der Waals surface area contributed by atoms with Crippen LogP contribution in [0.15, 0.2) is 24.3 Å². The Hall–Kier alpha value is -0.570. The first-order valence-electron chi connectivity index (χ1n) is 6.84. The van der Waals surface area contributed by atoms with Crippen molar-refractivity contribution in [3.8, 4) is 0 Å². The molecule has 1 saturated heterocycles. The van der Waals surface area contributed by atoms with Gasteiger partial charge in [0.2, 0.25) is 0 Å². The SMILES string of the molecule is CC1CCCN(C(C)c2ccc(Cl)cc2)C1CN. The lowest BCUT2D eigenvalue weighted by atomic mass is 9.88. The minimum absolute atomic E-state index is 0.415. The van der Waals surface area contributed by atoms with Gasteiger partial charge in [0.05, 0.1) is 0 Å². The maximum atomic E-state index is 5.96. The van der Waals surface area contributed by atoms with Gasteiger partial charge in [-0.3, -0.25) is 4.90 Å². The van der Waals surface area contributed by atoms with Crippen molar-refractivity contribution < 1.29 is 0 Å². The number of hydrogen-bond acceptors (Lipinski definition) is 2. The lowest BCUT2D eigenvalue weighted by Crippen LogP contribution is -2.49. The summed E-state index contributed by atoms with van der Waals surface area (Å²) < 4.78 is 0. The molecular weight excluding hydrogens is 244 g/mol. The Morgan fingerprint density at radius 3 is 2.67 bits per heavy atom. The van der Waals surface area contributed by atoms with E-state index in [2.05, 4.69) is 30.9 Å². The molecule has 0 radical (unpaired) electrons.